The smallest absolute Gasteiger partial charge is 0.175 e. The van der Waals surface area contributed by atoms with E-state index in [4.69, 9.17) is 5.73 Å². The molecule has 0 radical (unpaired) electrons. The van der Waals surface area contributed by atoms with E-state index in [2.05, 4.69) is 9.97 Å². The fourth-order valence-corrected chi connectivity index (χ4v) is 2.37. The molecular formula is C13H15N3O2S. The second-order valence-electron chi connectivity index (χ2n) is 4.31. The van der Waals surface area contributed by atoms with Crippen LogP contribution in [-0.2, 0) is 16.4 Å². The third-order valence-corrected chi connectivity index (χ3v) is 3.79. The highest BCUT2D eigenvalue weighted by Gasteiger charge is 2.08. The highest BCUT2D eigenvalue weighted by atomic mass is 32.2. The zero-order valence-corrected chi connectivity index (χ0v) is 11.6. The minimum absolute atomic E-state index is 0.274. The Labute approximate surface area is 112 Å². The van der Waals surface area contributed by atoms with Crippen LogP contribution in [0.25, 0.3) is 11.3 Å². The van der Waals surface area contributed by atoms with Crippen LogP contribution in [0.3, 0.4) is 0 Å². The predicted molar refractivity (Wildman–Crippen MR) is 73.2 cm³/mol. The van der Waals surface area contributed by atoms with E-state index in [0.29, 0.717) is 10.7 Å². The highest BCUT2D eigenvalue weighted by Crippen LogP contribution is 2.20. The fraction of sp³-hybridized carbons (Fsp3) is 0.231. The minimum atomic E-state index is -3.18. The maximum absolute atomic E-state index is 11.4. The van der Waals surface area contributed by atoms with Crippen molar-refractivity contribution in [3.05, 3.63) is 41.9 Å². The molecule has 0 fully saturated rings. The van der Waals surface area contributed by atoms with Gasteiger partial charge >= 0.3 is 0 Å². The van der Waals surface area contributed by atoms with Crippen molar-refractivity contribution >= 4 is 9.84 Å². The summed E-state index contributed by atoms with van der Waals surface area (Å²) in [5.41, 5.74) is 7.96. The quantitative estimate of drug-likeness (QED) is 0.914. The summed E-state index contributed by atoms with van der Waals surface area (Å²) in [5, 5.41) is 0. The SMILES string of the molecule is Cc1cc(-c2ccc(S(C)(=O)=O)cc2)nc(CN)n1. The van der Waals surface area contributed by atoms with Crippen LogP contribution < -0.4 is 5.73 Å². The Hall–Kier alpha value is -1.79. The molecule has 1 aromatic heterocycles. The lowest BCUT2D eigenvalue weighted by molar-refractivity contribution is 0.602. The number of aryl methyl sites for hydroxylation is 1. The molecule has 2 N–H and O–H groups in total. The molecule has 19 heavy (non-hydrogen) atoms. The van der Waals surface area contributed by atoms with Crippen molar-refractivity contribution in [1.29, 1.82) is 0 Å². The van der Waals surface area contributed by atoms with Crippen molar-refractivity contribution in [3.8, 4) is 11.3 Å². The molecule has 6 heteroatoms. The van der Waals surface area contributed by atoms with E-state index in [0.717, 1.165) is 17.0 Å². The highest BCUT2D eigenvalue weighted by molar-refractivity contribution is 7.90. The van der Waals surface area contributed by atoms with E-state index in [1.54, 1.807) is 24.3 Å². The number of aromatic nitrogens is 2. The van der Waals surface area contributed by atoms with Crippen LogP contribution in [0.2, 0.25) is 0 Å². The van der Waals surface area contributed by atoms with Gasteiger partial charge in [-0.25, -0.2) is 18.4 Å². The molecule has 0 unspecified atom stereocenters. The van der Waals surface area contributed by atoms with Crippen molar-refractivity contribution in [1.82, 2.24) is 9.97 Å². The van der Waals surface area contributed by atoms with Crippen molar-refractivity contribution in [2.75, 3.05) is 6.26 Å². The fourth-order valence-electron chi connectivity index (χ4n) is 1.74. The van der Waals surface area contributed by atoms with Gasteiger partial charge in [0, 0.05) is 17.5 Å². The van der Waals surface area contributed by atoms with Gasteiger partial charge in [0.15, 0.2) is 9.84 Å². The van der Waals surface area contributed by atoms with E-state index < -0.39 is 9.84 Å². The number of hydrogen-bond donors (Lipinski definition) is 1. The number of benzene rings is 1. The van der Waals surface area contributed by atoms with Crippen LogP contribution in [-0.4, -0.2) is 24.6 Å². The Morgan fingerprint density at radius 1 is 1.16 bits per heavy atom. The first-order chi connectivity index (χ1) is 8.90. The van der Waals surface area contributed by atoms with Gasteiger partial charge in [-0.1, -0.05) is 12.1 Å². The monoisotopic (exact) mass is 277 g/mol. The summed E-state index contributed by atoms with van der Waals surface area (Å²) in [6.07, 6.45) is 1.18. The molecule has 0 saturated heterocycles. The second kappa shape index (κ2) is 5.07. The first kappa shape index (κ1) is 13.6. The van der Waals surface area contributed by atoms with E-state index in [9.17, 15) is 8.42 Å². The Morgan fingerprint density at radius 3 is 2.32 bits per heavy atom. The number of rotatable bonds is 3. The molecule has 0 saturated carbocycles. The van der Waals surface area contributed by atoms with Gasteiger partial charge in [0.1, 0.15) is 5.82 Å². The molecule has 0 atom stereocenters. The third kappa shape index (κ3) is 3.15. The number of nitrogens with zero attached hydrogens (tertiary/aromatic N) is 2. The summed E-state index contributed by atoms with van der Waals surface area (Å²) in [5.74, 6) is 0.571. The molecule has 1 aromatic carbocycles. The van der Waals surface area contributed by atoms with Gasteiger partial charge in [0.25, 0.3) is 0 Å². The number of hydrogen-bond acceptors (Lipinski definition) is 5. The van der Waals surface area contributed by atoms with E-state index in [1.807, 2.05) is 13.0 Å². The Kier molecular flexibility index (Phi) is 3.64. The van der Waals surface area contributed by atoms with E-state index >= 15 is 0 Å². The largest absolute Gasteiger partial charge is 0.324 e. The topological polar surface area (TPSA) is 85.9 Å². The van der Waals surface area contributed by atoms with Crippen LogP contribution in [0.5, 0.6) is 0 Å². The molecule has 0 aliphatic heterocycles. The maximum atomic E-state index is 11.4. The zero-order valence-electron chi connectivity index (χ0n) is 10.8. The predicted octanol–water partition coefficient (Wildman–Crippen LogP) is 1.31. The summed E-state index contributed by atoms with van der Waals surface area (Å²) in [6.45, 7) is 2.14. The van der Waals surface area contributed by atoms with Crippen LogP contribution in [0, 0.1) is 6.92 Å². The lowest BCUT2D eigenvalue weighted by atomic mass is 10.1. The lowest BCUT2D eigenvalue weighted by Crippen LogP contribution is -2.05. The van der Waals surface area contributed by atoms with Crippen LogP contribution in [0.4, 0.5) is 0 Å². The standard InChI is InChI=1S/C13H15N3O2S/c1-9-7-12(16-13(8-14)15-9)10-3-5-11(6-4-10)19(2,17)18/h3-7H,8,14H2,1-2H3. The maximum Gasteiger partial charge on any atom is 0.175 e. The Morgan fingerprint density at radius 2 is 1.79 bits per heavy atom. The van der Waals surface area contributed by atoms with Crippen LogP contribution in [0.1, 0.15) is 11.5 Å². The van der Waals surface area contributed by atoms with Crippen molar-refractivity contribution in [3.63, 3.8) is 0 Å². The van der Waals surface area contributed by atoms with Gasteiger partial charge in [-0.15, -0.1) is 0 Å². The second-order valence-corrected chi connectivity index (χ2v) is 6.33. The Balaban J connectivity index is 2.45. The molecule has 2 rings (SSSR count). The van der Waals surface area contributed by atoms with E-state index in [1.165, 1.54) is 6.26 Å². The third-order valence-electron chi connectivity index (χ3n) is 2.66. The molecule has 1 heterocycles. The van der Waals surface area contributed by atoms with Crippen molar-refractivity contribution in [2.24, 2.45) is 5.73 Å². The van der Waals surface area contributed by atoms with Gasteiger partial charge in [-0.2, -0.15) is 0 Å². The molecule has 5 nitrogen and oxygen atoms in total. The average molecular weight is 277 g/mol. The first-order valence-electron chi connectivity index (χ1n) is 5.75. The summed E-state index contributed by atoms with van der Waals surface area (Å²) in [7, 11) is -3.18. The Bertz CT molecular complexity index is 694. The van der Waals surface area contributed by atoms with Crippen molar-refractivity contribution < 1.29 is 8.42 Å². The van der Waals surface area contributed by atoms with Gasteiger partial charge < -0.3 is 5.73 Å². The average Bonchev–Trinajstić information content (AvgIpc) is 2.37. The molecule has 0 aliphatic rings. The summed E-state index contributed by atoms with van der Waals surface area (Å²) < 4.78 is 22.8. The van der Waals surface area contributed by atoms with E-state index in [-0.39, 0.29) is 6.54 Å². The number of sulfone groups is 1. The minimum Gasteiger partial charge on any atom is -0.324 e. The van der Waals surface area contributed by atoms with Crippen molar-refractivity contribution in [2.45, 2.75) is 18.4 Å². The van der Waals surface area contributed by atoms with Gasteiger partial charge in [-0.3, -0.25) is 0 Å². The lowest BCUT2D eigenvalue weighted by Gasteiger charge is -2.05. The number of nitrogens with two attached hydrogens (primary N) is 1. The summed E-state index contributed by atoms with van der Waals surface area (Å²) in [4.78, 5) is 8.82. The molecule has 0 spiro atoms. The van der Waals surface area contributed by atoms with Gasteiger partial charge in [0.05, 0.1) is 17.1 Å². The first-order valence-corrected chi connectivity index (χ1v) is 7.64. The zero-order chi connectivity index (χ0) is 14.0. The van der Waals surface area contributed by atoms with Crippen LogP contribution >= 0.6 is 0 Å². The molecule has 2 aromatic rings. The molecule has 0 amide bonds. The molecule has 100 valence electrons. The summed E-state index contributed by atoms with van der Waals surface area (Å²) in [6, 6.07) is 8.46. The molecular weight excluding hydrogens is 262 g/mol. The van der Waals surface area contributed by atoms with Crippen LogP contribution in [0.15, 0.2) is 35.2 Å². The van der Waals surface area contributed by atoms with Gasteiger partial charge in [-0.05, 0) is 25.1 Å². The molecule has 0 aliphatic carbocycles. The molecule has 0 bridgehead atoms. The summed E-state index contributed by atoms with van der Waals surface area (Å²) >= 11 is 0. The van der Waals surface area contributed by atoms with Gasteiger partial charge in [0.2, 0.25) is 0 Å². The normalized spacial score (nSPS) is 11.5.